The summed E-state index contributed by atoms with van der Waals surface area (Å²) in [4.78, 5) is 7.95. The highest BCUT2D eigenvalue weighted by molar-refractivity contribution is 5.79. The van der Waals surface area contributed by atoms with Gasteiger partial charge in [-0.3, -0.25) is 0 Å². The summed E-state index contributed by atoms with van der Waals surface area (Å²) >= 11 is 0. The van der Waals surface area contributed by atoms with Gasteiger partial charge in [0.25, 0.3) is 0 Å². The van der Waals surface area contributed by atoms with Gasteiger partial charge in [-0.05, 0) is 62.1 Å². The van der Waals surface area contributed by atoms with Crippen LogP contribution in [0.4, 0.5) is 0 Å². The van der Waals surface area contributed by atoms with Gasteiger partial charge in [0.05, 0.1) is 23.2 Å². The van der Waals surface area contributed by atoms with Gasteiger partial charge in [0.2, 0.25) is 0 Å². The molecule has 2 aromatic carbocycles. The first-order valence-corrected chi connectivity index (χ1v) is 8.18. The summed E-state index contributed by atoms with van der Waals surface area (Å²) < 4.78 is 6.01. The molecule has 23 heavy (non-hydrogen) atoms. The van der Waals surface area contributed by atoms with Crippen molar-refractivity contribution in [2.45, 2.75) is 37.9 Å². The Bertz CT molecular complexity index is 753. The molecule has 0 amide bonds. The summed E-state index contributed by atoms with van der Waals surface area (Å²) in [6.45, 7) is 0. The number of aromatic nitrogens is 2. The number of para-hydroxylation sites is 2. The van der Waals surface area contributed by atoms with Crippen molar-refractivity contribution in [2.75, 3.05) is 0 Å². The maximum atomic E-state index is 9.55. The monoisotopic (exact) mass is 308 g/mol. The van der Waals surface area contributed by atoms with Gasteiger partial charge in [0, 0.05) is 5.56 Å². The van der Waals surface area contributed by atoms with Crippen molar-refractivity contribution >= 4 is 11.0 Å². The number of H-pyrrole nitrogens is 1. The van der Waals surface area contributed by atoms with Crippen LogP contribution in [0.15, 0.2) is 48.5 Å². The standard InChI is InChI=1S/C19H20N2O2/c22-14-7-11-16(12-8-14)23-15-9-5-13(6-10-15)19-20-17-3-1-2-4-18(17)21-19/h1-6,9-10,14,16,22H,7-8,11-12H2,(H,20,21). The number of fused-ring (bicyclic) bond motifs is 1. The number of benzene rings is 2. The molecule has 4 nitrogen and oxygen atoms in total. The number of hydrogen-bond acceptors (Lipinski definition) is 3. The first kappa shape index (κ1) is 14.3. The maximum Gasteiger partial charge on any atom is 0.138 e. The van der Waals surface area contributed by atoms with Crippen molar-refractivity contribution in [1.29, 1.82) is 0 Å². The van der Waals surface area contributed by atoms with Crippen molar-refractivity contribution in [3.8, 4) is 17.1 Å². The van der Waals surface area contributed by atoms with E-state index in [2.05, 4.69) is 9.97 Å². The van der Waals surface area contributed by atoms with Crippen LogP contribution in [0.2, 0.25) is 0 Å². The van der Waals surface area contributed by atoms with Crippen molar-refractivity contribution in [2.24, 2.45) is 0 Å². The number of nitrogens with zero attached hydrogens (tertiary/aromatic N) is 1. The second-order valence-electron chi connectivity index (χ2n) is 6.18. The molecular formula is C19H20N2O2. The van der Waals surface area contributed by atoms with Crippen LogP contribution in [-0.4, -0.2) is 27.3 Å². The van der Waals surface area contributed by atoms with Gasteiger partial charge in [-0.15, -0.1) is 0 Å². The lowest BCUT2D eigenvalue weighted by molar-refractivity contribution is 0.0666. The first-order chi connectivity index (χ1) is 11.3. The molecular weight excluding hydrogens is 288 g/mol. The zero-order valence-corrected chi connectivity index (χ0v) is 12.9. The normalized spacial score (nSPS) is 21.4. The fourth-order valence-corrected chi connectivity index (χ4v) is 3.14. The summed E-state index contributed by atoms with van der Waals surface area (Å²) in [6, 6.07) is 16.1. The third-order valence-corrected chi connectivity index (χ3v) is 4.46. The van der Waals surface area contributed by atoms with Crippen molar-refractivity contribution in [3.63, 3.8) is 0 Å². The molecule has 1 aliphatic rings. The molecule has 1 fully saturated rings. The molecule has 1 aromatic heterocycles. The number of aliphatic hydroxyl groups excluding tert-OH is 1. The molecule has 1 heterocycles. The summed E-state index contributed by atoms with van der Waals surface area (Å²) in [6.07, 6.45) is 3.59. The summed E-state index contributed by atoms with van der Waals surface area (Å²) in [5.41, 5.74) is 3.07. The van der Waals surface area contributed by atoms with Crippen LogP contribution < -0.4 is 4.74 Å². The predicted molar refractivity (Wildman–Crippen MR) is 90.4 cm³/mol. The van der Waals surface area contributed by atoms with Crippen LogP contribution in [0.5, 0.6) is 5.75 Å². The predicted octanol–water partition coefficient (Wildman–Crippen LogP) is 3.91. The number of aliphatic hydroxyl groups is 1. The fourth-order valence-electron chi connectivity index (χ4n) is 3.14. The molecule has 4 rings (SSSR count). The lowest BCUT2D eigenvalue weighted by Gasteiger charge is -2.26. The Morgan fingerprint density at radius 1 is 0.957 bits per heavy atom. The molecule has 0 unspecified atom stereocenters. The third-order valence-electron chi connectivity index (χ3n) is 4.46. The molecule has 1 saturated carbocycles. The Morgan fingerprint density at radius 3 is 2.43 bits per heavy atom. The number of rotatable bonds is 3. The second-order valence-corrected chi connectivity index (χ2v) is 6.18. The molecule has 3 aromatic rings. The van der Waals surface area contributed by atoms with E-state index in [9.17, 15) is 5.11 Å². The Morgan fingerprint density at radius 2 is 1.70 bits per heavy atom. The topological polar surface area (TPSA) is 58.1 Å². The van der Waals surface area contributed by atoms with Crippen LogP contribution in [0, 0.1) is 0 Å². The van der Waals surface area contributed by atoms with Crippen LogP contribution >= 0.6 is 0 Å². The molecule has 0 atom stereocenters. The molecule has 118 valence electrons. The molecule has 0 bridgehead atoms. The minimum absolute atomic E-state index is 0.148. The van der Waals surface area contributed by atoms with Gasteiger partial charge in [-0.25, -0.2) is 4.98 Å². The maximum absolute atomic E-state index is 9.55. The molecule has 4 heteroatoms. The minimum atomic E-state index is -0.148. The SMILES string of the molecule is OC1CCC(Oc2ccc(-c3nc4ccccc4[nH]3)cc2)CC1. The highest BCUT2D eigenvalue weighted by atomic mass is 16.5. The second kappa shape index (κ2) is 6.05. The number of nitrogens with one attached hydrogen (secondary N) is 1. The van der Waals surface area contributed by atoms with Crippen LogP contribution in [0.25, 0.3) is 22.4 Å². The van der Waals surface area contributed by atoms with Gasteiger partial charge in [-0.2, -0.15) is 0 Å². The number of imidazole rings is 1. The van der Waals surface area contributed by atoms with E-state index < -0.39 is 0 Å². The first-order valence-electron chi connectivity index (χ1n) is 8.18. The number of hydrogen-bond donors (Lipinski definition) is 2. The Balaban J connectivity index is 1.49. The van der Waals surface area contributed by atoms with Gasteiger partial charge in [-0.1, -0.05) is 12.1 Å². The average Bonchev–Trinajstić information content (AvgIpc) is 3.02. The average molecular weight is 308 g/mol. The van der Waals surface area contributed by atoms with E-state index in [1.807, 2.05) is 48.5 Å². The van der Waals surface area contributed by atoms with Crippen LogP contribution in [0.1, 0.15) is 25.7 Å². The van der Waals surface area contributed by atoms with Gasteiger partial charge < -0.3 is 14.8 Å². The lowest BCUT2D eigenvalue weighted by Crippen LogP contribution is -2.26. The zero-order valence-electron chi connectivity index (χ0n) is 12.9. The number of aromatic amines is 1. The molecule has 0 radical (unpaired) electrons. The van der Waals surface area contributed by atoms with Gasteiger partial charge in [0.1, 0.15) is 11.6 Å². The minimum Gasteiger partial charge on any atom is -0.490 e. The fraction of sp³-hybridized carbons (Fsp3) is 0.316. The molecule has 1 aliphatic carbocycles. The van der Waals surface area contributed by atoms with E-state index in [1.54, 1.807) is 0 Å². The van der Waals surface area contributed by atoms with Crippen molar-refractivity contribution in [1.82, 2.24) is 9.97 Å². The zero-order chi connectivity index (χ0) is 15.6. The molecule has 0 aliphatic heterocycles. The lowest BCUT2D eigenvalue weighted by atomic mass is 9.95. The van der Waals surface area contributed by atoms with E-state index in [0.29, 0.717) is 0 Å². The van der Waals surface area contributed by atoms with E-state index in [0.717, 1.165) is 53.9 Å². The van der Waals surface area contributed by atoms with Crippen LogP contribution in [-0.2, 0) is 0 Å². The highest BCUT2D eigenvalue weighted by Gasteiger charge is 2.20. The molecule has 0 spiro atoms. The number of ether oxygens (including phenoxy) is 1. The third kappa shape index (κ3) is 3.08. The van der Waals surface area contributed by atoms with Crippen LogP contribution in [0.3, 0.4) is 0 Å². The smallest absolute Gasteiger partial charge is 0.138 e. The molecule has 0 saturated heterocycles. The van der Waals surface area contributed by atoms with E-state index >= 15 is 0 Å². The summed E-state index contributed by atoms with van der Waals surface area (Å²) in [5, 5.41) is 9.55. The Kier molecular flexibility index (Phi) is 3.75. The largest absolute Gasteiger partial charge is 0.490 e. The molecule has 2 N–H and O–H groups in total. The van der Waals surface area contributed by atoms with Crippen molar-refractivity contribution in [3.05, 3.63) is 48.5 Å². The van der Waals surface area contributed by atoms with E-state index in [4.69, 9.17) is 4.74 Å². The highest BCUT2D eigenvalue weighted by Crippen LogP contribution is 2.26. The quantitative estimate of drug-likeness (QED) is 0.771. The summed E-state index contributed by atoms with van der Waals surface area (Å²) in [7, 11) is 0. The van der Waals surface area contributed by atoms with E-state index in [1.165, 1.54) is 0 Å². The van der Waals surface area contributed by atoms with Gasteiger partial charge in [0.15, 0.2) is 0 Å². The van der Waals surface area contributed by atoms with E-state index in [-0.39, 0.29) is 12.2 Å². The Hall–Kier alpha value is -2.33. The van der Waals surface area contributed by atoms with Gasteiger partial charge >= 0.3 is 0 Å². The summed E-state index contributed by atoms with van der Waals surface area (Å²) in [5.74, 6) is 1.75. The Labute approximate surface area is 135 Å². The van der Waals surface area contributed by atoms with Crippen molar-refractivity contribution < 1.29 is 9.84 Å².